The van der Waals surface area contributed by atoms with E-state index < -0.39 is 8.32 Å². The Balaban J connectivity index is 0.00000171. The minimum atomic E-state index is -1.55. The number of fused-ring (bicyclic) bond motifs is 2. The molecule has 1 nitrogen and oxygen atoms in total. The zero-order valence-corrected chi connectivity index (χ0v) is 24.7. The molecule has 2 aliphatic carbocycles. The number of hydrogen-bond acceptors (Lipinski definition) is 1. The van der Waals surface area contributed by atoms with Crippen LogP contribution in [0.1, 0.15) is 44.7 Å². The van der Waals surface area contributed by atoms with Gasteiger partial charge in [0.25, 0.3) is 0 Å². The molecule has 5 heteroatoms. The Bertz CT molecular complexity index is 1250. The zero-order valence-electron chi connectivity index (χ0n) is 19.8. The van der Waals surface area contributed by atoms with E-state index in [1.165, 1.54) is 48.7 Å². The molecular formula is C27H31Cl2OSiZr. The summed E-state index contributed by atoms with van der Waals surface area (Å²) in [6, 6.07) is 13.2. The molecule has 0 amide bonds. The van der Waals surface area contributed by atoms with Crippen molar-refractivity contribution in [3.63, 3.8) is 0 Å². The molecule has 1 atom stereocenters. The fraction of sp³-hybridized carbons (Fsp3) is 0.333. The first-order valence-electron chi connectivity index (χ1n) is 10.7. The smallest absolute Gasteiger partial charge is 1.00 e. The number of hydrogen-bond donors (Lipinski definition) is 0. The Morgan fingerprint density at radius 1 is 1.03 bits per heavy atom. The number of allylic oxidation sites excluding steroid dienone is 3. The topological polar surface area (TPSA) is 9.23 Å². The van der Waals surface area contributed by atoms with E-state index in [1.54, 1.807) is 0 Å². The summed E-state index contributed by atoms with van der Waals surface area (Å²) < 4.78 is 6.35. The van der Waals surface area contributed by atoms with E-state index in [9.17, 15) is 0 Å². The van der Waals surface area contributed by atoms with Crippen LogP contribution in [0, 0.1) is 10.4 Å². The van der Waals surface area contributed by atoms with Crippen LogP contribution in [0.15, 0.2) is 54.1 Å². The summed E-state index contributed by atoms with van der Waals surface area (Å²) in [6.45, 7) is 13.4. The summed E-state index contributed by atoms with van der Waals surface area (Å²) in [5.74, 6) is 0. The predicted molar refractivity (Wildman–Crippen MR) is 126 cm³/mol. The van der Waals surface area contributed by atoms with Gasteiger partial charge >= 0.3 is 26.2 Å². The van der Waals surface area contributed by atoms with Crippen LogP contribution in [-0.4, -0.2) is 14.4 Å². The second-order valence-electron chi connectivity index (χ2n) is 9.44. The fourth-order valence-corrected chi connectivity index (χ4v) is 5.90. The van der Waals surface area contributed by atoms with Crippen LogP contribution in [-0.2, 0) is 30.6 Å². The molecule has 0 saturated heterocycles. The van der Waals surface area contributed by atoms with Crippen molar-refractivity contribution in [3.05, 3.63) is 86.1 Å². The summed E-state index contributed by atoms with van der Waals surface area (Å²) in [4.78, 5) is 0. The van der Waals surface area contributed by atoms with Gasteiger partial charge in [-0.05, 0) is 58.8 Å². The molecule has 2 aromatic carbocycles. The molecule has 4 rings (SSSR count). The number of rotatable bonds is 5. The molecule has 0 spiro atoms. The van der Waals surface area contributed by atoms with Crippen LogP contribution in [0.3, 0.4) is 0 Å². The van der Waals surface area contributed by atoms with E-state index in [4.69, 9.17) is 4.43 Å². The maximum absolute atomic E-state index is 6.35. The minimum absolute atomic E-state index is 0. The van der Waals surface area contributed by atoms with Gasteiger partial charge < -0.3 is 29.2 Å². The van der Waals surface area contributed by atoms with E-state index in [2.05, 4.69) is 95.0 Å². The molecule has 2 aromatic rings. The molecule has 1 unspecified atom stereocenters. The van der Waals surface area contributed by atoms with Gasteiger partial charge in [-0.15, -0.1) is 33.4 Å². The molecule has 0 saturated carbocycles. The van der Waals surface area contributed by atoms with Crippen molar-refractivity contribution >= 4 is 25.5 Å². The van der Waals surface area contributed by atoms with Gasteiger partial charge in [-0.2, -0.15) is 0 Å². The molecule has 32 heavy (non-hydrogen) atoms. The van der Waals surface area contributed by atoms with Gasteiger partial charge in [0.15, 0.2) is 8.32 Å². The molecule has 2 aliphatic rings. The Morgan fingerprint density at radius 3 is 2.38 bits per heavy atom. The normalized spacial score (nSPS) is 14.4. The van der Waals surface area contributed by atoms with Crippen LogP contribution < -0.4 is 35.3 Å². The van der Waals surface area contributed by atoms with Gasteiger partial charge in [-0.1, -0.05) is 64.4 Å². The van der Waals surface area contributed by atoms with Crippen molar-refractivity contribution in [2.45, 2.75) is 59.4 Å². The number of benzene rings is 2. The van der Waals surface area contributed by atoms with E-state index in [1.807, 2.05) is 0 Å². The van der Waals surface area contributed by atoms with Crippen molar-refractivity contribution in [2.24, 2.45) is 0 Å². The molecule has 167 valence electrons. The Hall–Kier alpha value is -0.700. The second-order valence-corrected chi connectivity index (χ2v) is 13.9. The first kappa shape index (κ1) is 29.3. The first-order chi connectivity index (χ1) is 13.7. The van der Waals surface area contributed by atoms with Crippen LogP contribution >= 0.6 is 0 Å². The van der Waals surface area contributed by atoms with Crippen molar-refractivity contribution < 1.29 is 55.4 Å². The summed E-state index contributed by atoms with van der Waals surface area (Å²) in [5.41, 5.74) is 6.86. The van der Waals surface area contributed by atoms with Crippen molar-refractivity contribution in [1.82, 2.24) is 0 Å². The monoisotopic (exact) mass is 559 g/mol. The summed E-state index contributed by atoms with van der Waals surface area (Å²) >= 11 is 0. The SMILES string of the molecule is CC(C)=c1ccc2c(c1C1=C(CC(C)O[Si](C)(C)C)C=CC1)[C-]=c1ccccc1=2.[Cl-].[Cl-].[Zr+3]. The van der Waals surface area contributed by atoms with Crippen LogP contribution in [0.2, 0.25) is 19.6 Å². The zero-order chi connectivity index (χ0) is 20.8. The van der Waals surface area contributed by atoms with Gasteiger partial charge in [-0.3, -0.25) is 0 Å². The third-order valence-corrected chi connectivity index (χ3v) is 6.72. The third-order valence-electron chi connectivity index (χ3n) is 5.61. The van der Waals surface area contributed by atoms with Gasteiger partial charge in [-0.25, -0.2) is 0 Å². The van der Waals surface area contributed by atoms with E-state index in [-0.39, 0.29) is 57.1 Å². The molecule has 0 fully saturated rings. The molecule has 0 aliphatic heterocycles. The first-order valence-corrected chi connectivity index (χ1v) is 14.1. The third kappa shape index (κ3) is 6.05. The Kier molecular flexibility index (Phi) is 10.7. The summed E-state index contributed by atoms with van der Waals surface area (Å²) in [5, 5.41) is 5.16. The van der Waals surface area contributed by atoms with Gasteiger partial charge in [0, 0.05) is 6.10 Å². The van der Waals surface area contributed by atoms with Crippen molar-refractivity contribution in [1.29, 1.82) is 0 Å². The fourth-order valence-electron chi connectivity index (χ4n) is 4.61. The van der Waals surface area contributed by atoms with Crippen LogP contribution in [0.25, 0.3) is 17.2 Å². The molecule has 1 radical (unpaired) electrons. The number of halogens is 2. The molecule has 0 heterocycles. The largest absolute Gasteiger partial charge is 3.00 e. The van der Waals surface area contributed by atoms with E-state index in [0.717, 1.165) is 12.8 Å². The average Bonchev–Trinajstić information content (AvgIpc) is 3.23. The van der Waals surface area contributed by atoms with Crippen molar-refractivity contribution in [3.8, 4) is 0 Å². The average molecular weight is 562 g/mol. The van der Waals surface area contributed by atoms with Crippen LogP contribution in [0.5, 0.6) is 0 Å². The Morgan fingerprint density at radius 2 is 1.72 bits per heavy atom. The summed E-state index contributed by atoms with van der Waals surface area (Å²) in [7, 11) is -1.55. The maximum atomic E-state index is 6.35. The molecular weight excluding hydrogens is 531 g/mol. The van der Waals surface area contributed by atoms with Gasteiger partial charge in [0.05, 0.1) is 0 Å². The van der Waals surface area contributed by atoms with E-state index >= 15 is 0 Å². The molecule has 0 aromatic heterocycles. The Labute approximate surface area is 225 Å². The predicted octanol–water partition coefficient (Wildman–Crippen LogP) is -0.468. The maximum Gasteiger partial charge on any atom is 3.00 e. The quantitative estimate of drug-likeness (QED) is 0.303. The van der Waals surface area contributed by atoms with Gasteiger partial charge in [0.2, 0.25) is 0 Å². The van der Waals surface area contributed by atoms with Gasteiger partial charge in [0.1, 0.15) is 0 Å². The summed E-state index contributed by atoms with van der Waals surface area (Å²) in [6.07, 6.45) is 10.6. The second kappa shape index (κ2) is 11.6. The van der Waals surface area contributed by atoms with Crippen LogP contribution in [0.4, 0.5) is 0 Å². The van der Waals surface area contributed by atoms with Crippen molar-refractivity contribution in [2.75, 3.05) is 0 Å². The van der Waals surface area contributed by atoms with E-state index in [0.29, 0.717) is 0 Å². The minimum Gasteiger partial charge on any atom is -1.00 e. The standard InChI is InChI=1S/C27H31OSi.2ClH.Zr/c1-18(2)22-14-15-25-23-12-8-7-10-21(23)17-26(25)27(22)24-13-9-11-20(24)16-19(3)28-29(4,5)6;;;/h7-12,14-15,19H,13,16H2,1-6H3;2*1H;/q-1;;;+3/p-2. The molecule has 0 N–H and O–H groups in total. The molecule has 0 bridgehead atoms.